The van der Waals surface area contributed by atoms with Crippen LogP contribution >= 0.6 is 69.8 Å². The normalized spacial score (nSPS) is 11.9. The second kappa shape index (κ2) is 6.07. The minimum absolute atomic E-state index is 0.0137. The minimum atomic E-state index is -3.52. The Labute approximate surface area is 141 Å². The van der Waals surface area contributed by atoms with Crippen LogP contribution in [0.1, 0.15) is 0 Å². The summed E-state index contributed by atoms with van der Waals surface area (Å²) in [7, 11) is 0. The van der Waals surface area contributed by atoms with Gasteiger partial charge in [-0.05, 0) is 35.5 Å². The van der Waals surface area contributed by atoms with Crippen molar-refractivity contribution in [2.24, 2.45) is 0 Å². The molecule has 0 saturated heterocycles. The lowest BCUT2D eigenvalue weighted by Crippen LogP contribution is -1.98. The molecule has 0 aliphatic carbocycles. The van der Waals surface area contributed by atoms with Gasteiger partial charge in [0.15, 0.2) is 0 Å². The molecule has 0 radical (unpaired) electrons. The molecule has 0 N–H and O–H groups in total. The third-order valence-corrected chi connectivity index (χ3v) is 4.34. The molecule has 0 aliphatic rings. The van der Waals surface area contributed by atoms with Crippen LogP contribution in [-0.4, -0.2) is 14.3 Å². The topological polar surface area (TPSA) is 17.8 Å². The van der Waals surface area contributed by atoms with Crippen molar-refractivity contribution in [3.05, 3.63) is 38.7 Å². The summed E-state index contributed by atoms with van der Waals surface area (Å²) >= 11 is 28.7. The molecule has 108 valence electrons. The van der Waals surface area contributed by atoms with Gasteiger partial charge < -0.3 is 0 Å². The Bertz CT molecular complexity index is 633. The Morgan fingerprint density at radius 3 is 2.15 bits per heavy atom. The van der Waals surface area contributed by atoms with Crippen LogP contribution in [0.5, 0.6) is 0 Å². The van der Waals surface area contributed by atoms with Gasteiger partial charge in [-0.3, -0.25) is 4.57 Å². The summed E-state index contributed by atoms with van der Waals surface area (Å²) in [6, 6.07) is 2.90. The quantitative estimate of drug-likeness (QED) is 0.442. The van der Waals surface area contributed by atoms with E-state index in [4.69, 9.17) is 58.0 Å². The van der Waals surface area contributed by atoms with Gasteiger partial charge in [0.1, 0.15) is 16.5 Å². The molecule has 1 aromatic heterocycles. The highest BCUT2D eigenvalue weighted by atomic mass is 35.5. The molecule has 2 aromatic rings. The molecule has 0 saturated carbocycles. The van der Waals surface area contributed by atoms with Crippen LogP contribution < -0.4 is 0 Å². The maximum atomic E-state index is 12.8. The van der Waals surface area contributed by atoms with E-state index in [1.807, 2.05) is 0 Å². The van der Waals surface area contributed by atoms with Crippen LogP contribution in [0.25, 0.3) is 5.69 Å². The van der Waals surface area contributed by atoms with Crippen molar-refractivity contribution in [1.29, 1.82) is 0 Å². The van der Waals surface area contributed by atoms with Crippen LogP contribution in [0.3, 0.4) is 0 Å². The van der Waals surface area contributed by atoms with Gasteiger partial charge in [0.2, 0.25) is 0 Å². The van der Waals surface area contributed by atoms with Crippen molar-refractivity contribution < 1.29 is 8.78 Å². The molecule has 10 heteroatoms. The first-order valence-corrected chi connectivity index (χ1v) is 7.53. The fourth-order valence-electron chi connectivity index (χ4n) is 1.42. The van der Waals surface area contributed by atoms with E-state index in [1.54, 1.807) is 0 Å². The highest BCUT2D eigenvalue weighted by Crippen LogP contribution is 2.43. The van der Waals surface area contributed by atoms with Gasteiger partial charge in [0, 0.05) is 5.02 Å². The maximum Gasteiger partial charge on any atom is 0.377 e. The molecule has 0 aliphatic heterocycles. The summed E-state index contributed by atoms with van der Waals surface area (Å²) in [5, 5.41) is 0.518. The van der Waals surface area contributed by atoms with Crippen molar-refractivity contribution in [1.82, 2.24) is 9.55 Å². The molecular weight excluding hydrogens is 395 g/mol. The first-order valence-electron chi connectivity index (χ1n) is 4.82. The number of imidazole rings is 1. The summed E-state index contributed by atoms with van der Waals surface area (Å²) in [6.45, 7) is 0. The third kappa shape index (κ3) is 3.64. The number of benzene rings is 1. The molecule has 1 aromatic carbocycles. The van der Waals surface area contributed by atoms with Gasteiger partial charge in [-0.15, -0.1) is 0 Å². The standard InChI is InChI=1S/C10H3Cl5F2N2S/c11-4-1-5(12)7(6(13)2-4)19-3-18-9(8(19)14)20-10(15,16)17/h1-3H. The fraction of sp³-hybridized carbons (Fsp3) is 0.100. The molecule has 1 heterocycles. The Hall–Kier alpha value is 0.0900. The van der Waals surface area contributed by atoms with Crippen LogP contribution in [-0.2, 0) is 0 Å². The lowest BCUT2D eigenvalue weighted by atomic mass is 10.3. The monoisotopic (exact) mass is 396 g/mol. The van der Waals surface area contributed by atoms with E-state index < -0.39 is 4.71 Å². The number of rotatable bonds is 3. The molecule has 0 bridgehead atoms. The minimum Gasteiger partial charge on any atom is -0.286 e. The number of hydrogen-bond acceptors (Lipinski definition) is 2. The lowest BCUT2D eigenvalue weighted by Gasteiger charge is -2.10. The molecular formula is C10H3Cl5F2N2S. The predicted octanol–water partition coefficient (Wildman–Crippen LogP) is 6.37. The summed E-state index contributed by atoms with van der Waals surface area (Å²) < 4.78 is 23.3. The summed E-state index contributed by atoms with van der Waals surface area (Å²) in [4.78, 5) is 3.76. The van der Waals surface area contributed by atoms with E-state index in [9.17, 15) is 8.78 Å². The van der Waals surface area contributed by atoms with Crippen molar-refractivity contribution in [3.63, 3.8) is 0 Å². The molecule has 2 rings (SSSR count). The van der Waals surface area contributed by atoms with Crippen molar-refractivity contribution in [3.8, 4) is 5.69 Å². The molecule has 0 fully saturated rings. The summed E-state index contributed by atoms with van der Waals surface area (Å²) in [5.41, 5.74) is 0.292. The first-order chi connectivity index (χ1) is 9.19. The van der Waals surface area contributed by atoms with Gasteiger partial charge in [-0.2, -0.15) is 8.78 Å². The first kappa shape index (κ1) is 16.5. The van der Waals surface area contributed by atoms with Crippen LogP contribution in [0.2, 0.25) is 20.2 Å². The van der Waals surface area contributed by atoms with Crippen LogP contribution in [0.15, 0.2) is 23.5 Å². The number of alkyl halides is 3. The number of thioether (sulfide) groups is 1. The van der Waals surface area contributed by atoms with Crippen molar-refractivity contribution >= 4 is 69.8 Å². The lowest BCUT2D eigenvalue weighted by molar-refractivity contribution is 0.203. The number of aromatic nitrogens is 2. The smallest absolute Gasteiger partial charge is 0.286 e. The van der Waals surface area contributed by atoms with Gasteiger partial charge in [0.25, 0.3) is 0 Å². The van der Waals surface area contributed by atoms with E-state index in [0.29, 0.717) is 10.7 Å². The molecule has 20 heavy (non-hydrogen) atoms. The van der Waals surface area contributed by atoms with Gasteiger partial charge in [-0.25, -0.2) is 4.98 Å². The summed E-state index contributed by atoms with van der Waals surface area (Å²) in [5.74, 6) is 0. The zero-order valence-electron chi connectivity index (χ0n) is 9.18. The Morgan fingerprint density at radius 1 is 1.10 bits per heavy atom. The van der Waals surface area contributed by atoms with E-state index in [1.165, 1.54) is 23.0 Å². The van der Waals surface area contributed by atoms with Crippen molar-refractivity contribution in [2.75, 3.05) is 0 Å². The van der Waals surface area contributed by atoms with E-state index >= 15 is 0 Å². The molecule has 0 amide bonds. The Balaban J connectivity index is 2.50. The van der Waals surface area contributed by atoms with Crippen molar-refractivity contribution in [2.45, 2.75) is 9.74 Å². The Kier molecular flexibility index (Phi) is 4.99. The number of nitrogens with zero attached hydrogens (tertiary/aromatic N) is 2. The highest BCUT2D eigenvalue weighted by Gasteiger charge is 2.30. The zero-order valence-corrected chi connectivity index (χ0v) is 13.8. The average molecular weight is 398 g/mol. The number of halogens is 7. The SMILES string of the molecule is FC(F)(Cl)Sc1ncn(-c2c(Cl)cc(Cl)cc2Cl)c1Cl. The second-order valence-electron chi connectivity index (χ2n) is 3.48. The molecule has 0 spiro atoms. The predicted molar refractivity (Wildman–Crippen MR) is 80.3 cm³/mol. The van der Waals surface area contributed by atoms with Crippen LogP contribution in [0, 0.1) is 0 Å². The van der Waals surface area contributed by atoms with E-state index in [0.717, 1.165) is 0 Å². The fourth-order valence-corrected chi connectivity index (χ4v) is 3.43. The largest absolute Gasteiger partial charge is 0.377 e. The highest BCUT2D eigenvalue weighted by molar-refractivity contribution is 8.01. The number of hydrogen-bond donors (Lipinski definition) is 0. The molecule has 0 unspecified atom stereocenters. The van der Waals surface area contributed by atoms with Crippen LogP contribution in [0.4, 0.5) is 8.78 Å². The van der Waals surface area contributed by atoms with E-state index in [-0.39, 0.29) is 32.0 Å². The second-order valence-corrected chi connectivity index (χ2v) is 6.89. The third-order valence-electron chi connectivity index (χ3n) is 2.11. The average Bonchev–Trinajstić information content (AvgIpc) is 2.58. The van der Waals surface area contributed by atoms with Gasteiger partial charge >= 0.3 is 4.71 Å². The Morgan fingerprint density at radius 2 is 1.65 bits per heavy atom. The molecule has 0 atom stereocenters. The van der Waals surface area contributed by atoms with Gasteiger partial charge in [-0.1, -0.05) is 46.4 Å². The van der Waals surface area contributed by atoms with Gasteiger partial charge in [0.05, 0.1) is 15.7 Å². The zero-order chi connectivity index (χ0) is 15.1. The molecule has 2 nitrogen and oxygen atoms in total. The van der Waals surface area contributed by atoms with E-state index in [2.05, 4.69) is 4.98 Å². The summed E-state index contributed by atoms with van der Waals surface area (Å²) in [6.07, 6.45) is 1.22. The maximum absolute atomic E-state index is 12.8.